The highest BCUT2D eigenvalue weighted by atomic mass is 16.7. The van der Waals surface area contributed by atoms with Crippen molar-refractivity contribution >= 4 is 23.5 Å². The summed E-state index contributed by atoms with van der Waals surface area (Å²) in [4.78, 5) is 0. The Morgan fingerprint density at radius 3 is 2.10 bits per heavy atom. The lowest BCUT2D eigenvalue weighted by atomic mass is 9.73. The summed E-state index contributed by atoms with van der Waals surface area (Å²) >= 11 is 0. The highest BCUT2D eigenvalue weighted by molar-refractivity contribution is 6.45. The molecule has 0 unspecified atom stereocenters. The molecule has 0 bridgehead atoms. The third-order valence-electron chi connectivity index (χ3n) is 6.63. The van der Waals surface area contributed by atoms with Gasteiger partial charge in [-0.25, -0.2) is 0 Å². The van der Waals surface area contributed by atoms with Gasteiger partial charge in [0.05, 0.1) is 11.2 Å². The molecular formula is C27H31BO2. The van der Waals surface area contributed by atoms with Crippen molar-refractivity contribution in [2.24, 2.45) is 0 Å². The molecule has 1 heterocycles. The second-order valence-corrected chi connectivity index (χ2v) is 9.35. The number of benzene rings is 3. The SMILES string of the molecule is C/C(=C\[C@H](CB1OC(C)(C)C(C)(C)O1)c1ccc2ccccc2c1)c1ccccc1. The van der Waals surface area contributed by atoms with Crippen LogP contribution in [0.4, 0.5) is 0 Å². The third kappa shape index (κ3) is 4.24. The minimum Gasteiger partial charge on any atom is -0.403 e. The van der Waals surface area contributed by atoms with Gasteiger partial charge in [0.2, 0.25) is 0 Å². The van der Waals surface area contributed by atoms with E-state index in [1.165, 1.54) is 27.5 Å². The number of hydrogen-bond acceptors (Lipinski definition) is 2. The van der Waals surface area contributed by atoms with Crippen LogP contribution in [0.2, 0.25) is 6.32 Å². The molecule has 30 heavy (non-hydrogen) atoms. The van der Waals surface area contributed by atoms with Gasteiger partial charge in [-0.3, -0.25) is 0 Å². The van der Waals surface area contributed by atoms with E-state index in [4.69, 9.17) is 9.31 Å². The molecule has 2 nitrogen and oxygen atoms in total. The molecule has 1 atom stereocenters. The van der Waals surface area contributed by atoms with Crippen LogP contribution in [0.3, 0.4) is 0 Å². The summed E-state index contributed by atoms with van der Waals surface area (Å²) in [6.07, 6.45) is 3.15. The molecule has 1 aliphatic rings. The maximum Gasteiger partial charge on any atom is 0.458 e. The molecule has 1 saturated heterocycles. The summed E-state index contributed by atoms with van der Waals surface area (Å²) < 4.78 is 12.7. The van der Waals surface area contributed by atoms with Gasteiger partial charge in [-0.2, -0.15) is 0 Å². The van der Waals surface area contributed by atoms with Crippen LogP contribution in [0.5, 0.6) is 0 Å². The van der Waals surface area contributed by atoms with Gasteiger partial charge in [0, 0.05) is 5.92 Å². The monoisotopic (exact) mass is 398 g/mol. The first kappa shape index (κ1) is 20.9. The number of fused-ring (bicyclic) bond motifs is 1. The molecule has 154 valence electrons. The highest BCUT2D eigenvalue weighted by Gasteiger charge is 2.51. The van der Waals surface area contributed by atoms with Crippen LogP contribution in [0.1, 0.15) is 51.7 Å². The zero-order valence-electron chi connectivity index (χ0n) is 18.7. The normalized spacial score (nSPS) is 19.2. The Bertz CT molecular complexity index is 1040. The minimum absolute atomic E-state index is 0.199. The van der Waals surface area contributed by atoms with Crippen molar-refractivity contribution in [3.63, 3.8) is 0 Å². The summed E-state index contributed by atoms with van der Waals surface area (Å²) in [7, 11) is -0.230. The average Bonchev–Trinajstić information content (AvgIpc) is 2.93. The van der Waals surface area contributed by atoms with Crippen LogP contribution < -0.4 is 0 Å². The van der Waals surface area contributed by atoms with Crippen LogP contribution >= 0.6 is 0 Å². The Labute approximate surface area is 181 Å². The van der Waals surface area contributed by atoms with E-state index < -0.39 is 0 Å². The van der Waals surface area contributed by atoms with Crippen LogP contribution in [0, 0.1) is 0 Å². The second kappa shape index (κ2) is 8.05. The Morgan fingerprint density at radius 2 is 1.43 bits per heavy atom. The van der Waals surface area contributed by atoms with Gasteiger partial charge in [0.25, 0.3) is 0 Å². The zero-order chi connectivity index (χ0) is 21.4. The summed E-state index contributed by atoms with van der Waals surface area (Å²) in [6.45, 7) is 10.6. The van der Waals surface area contributed by atoms with Crippen LogP contribution in [-0.2, 0) is 9.31 Å². The van der Waals surface area contributed by atoms with Crippen molar-refractivity contribution in [3.05, 3.63) is 90.0 Å². The van der Waals surface area contributed by atoms with Crippen LogP contribution in [0.15, 0.2) is 78.9 Å². The second-order valence-electron chi connectivity index (χ2n) is 9.35. The van der Waals surface area contributed by atoms with E-state index in [0.717, 1.165) is 6.32 Å². The Hall–Kier alpha value is -2.36. The maximum absolute atomic E-state index is 6.34. The minimum atomic E-state index is -0.316. The van der Waals surface area contributed by atoms with Crippen molar-refractivity contribution in [1.82, 2.24) is 0 Å². The van der Waals surface area contributed by atoms with Crippen molar-refractivity contribution in [2.75, 3.05) is 0 Å². The van der Waals surface area contributed by atoms with E-state index in [2.05, 4.69) is 113 Å². The van der Waals surface area contributed by atoms with Crippen molar-refractivity contribution in [3.8, 4) is 0 Å². The maximum atomic E-state index is 6.34. The molecule has 3 heteroatoms. The van der Waals surface area contributed by atoms with Crippen molar-refractivity contribution in [1.29, 1.82) is 0 Å². The van der Waals surface area contributed by atoms with Crippen LogP contribution in [0.25, 0.3) is 16.3 Å². The number of rotatable bonds is 5. The van der Waals surface area contributed by atoms with Gasteiger partial charge >= 0.3 is 7.12 Å². The lowest BCUT2D eigenvalue weighted by Crippen LogP contribution is -2.41. The third-order valence-corrected chi connectivity index (χ3v) is 6.63. The predicted molar refractivity (Wildman–Crippen MR) is 128 cm³/mol. The Balaban J connectivity index is 1.69. The summed E-state index contributed by atoms with van der Waals surface area (Å²) in [6, 6.07) is 25.9. The smallest absolute Gasteiger partial charge is 0.403 e. The first-order valence-electron chi connectivity index (χ1n) is 10.8. The van der Waals surface area contributed by atoms with Gasteiger partial charge < -0.3 is 9.31 Å². The quantitative estimate of drug-likeness (QED) is 0.426. The molecule has 0 aromatic heterocycles. The molecular weight excluding hydrogens is 367 g/mol. The molecule has 3 aromatic carbocycles. The first-order chi connectivity index (χ1) is 14.2. The van der Waals surface area contributed by atoms with Crippen LogP contribution in [-0.4, -0.2) is 18.3 Å². The summed E-state index contributed by atoms with van der Waals surface area (Å²) in [5.41, 5.74) is 3.18. The molecule has 1 fully saturated rings. The summed E-state index contributed by atoms with van der Waals surface area (Å²) in [5, 5.41) is 2.53. The Kier molecular flexibility index (Phi) is 5.61. The fraction of sp³-hybridized carbons (Fsp3) is 0.333. The van der Waals surface area contributed by atoms with Crippen molar-refractivity contribution < 1.29 is 9.31 Å². The van der Waals surface area contributed by atoms with E-state index in [1.54, 1.807) is 0 Å². The van der Waals surface area contributed by atoms with Gasteiger partial charge in [0.1, 0.15) is 0 Å². The molecule has 0 aliphatic carbocycles. The summed E-state index contributed by atoms with van der Waals surface area (Å²) in [5.74, 6) is 0.199. The molecule has 0 spiro atoms. The molecule has 0 saturated carbocycles. The molecule has 0 radical (unpaired) electrons. The van der Waals surface area contributed by atoms with Crippen molar-refractivity contribution in [2.45, 2.75) is 58.1 Å². The average molecular weight is 398 g/mol. The molecule has 0 N–H and O–H groups in total. The van der Waals surface area contributed by atoms with Gasteiger partial charge in [0.15, 0.2) is 0 Å². The van der Waals surface area contributed by atoms with E-state index in [9.17, 15) is 0 Å². The van der Waals surface area contributed by atoms with E-state index >= 15 is 0 Å². The number of hydrogen-bond donors (Lipinski definition) is 0. The van der Waals surface area contributed by atoms with Gasteiger partial charge in [-0.1, -0.05) is 78.9 Å². The fourth-order valence-electron chi connectivity index (χ4n) is 4.11. The molecule has 3 aromatic rings. The van der Waals surface area contributed by atoms with Gasteiger partial charge in [-0.05, 0) is 68.4 Å². The predicted octanol–water partition coefficient (Wildman–Crippen LogP) is 7.12. The lowest BCUT2D eigenvalue weighted by Gasteiger charge is -2.32. The van der Waals surface area contributed by atoms with E-state index in [1.807, 2.05) is 0 Å². The fourth-order valence-corrected chi connectivity index (χ4v) is 4.11. The molecule has 1 aliphatic heterocycles. The molecule has 4 rings (SSSR count). The lowest BCUT2D eigenvalue weighted by molar-refractivity contribution is 0.00578. The zero-order valence-corrected chi connectivity index (χ0v) is 18.7. The van der Waals surface area contributed by atoms with E-state index in [0.29, 0.717) is 0 Å². The largest absolute Gasteiger partial charge is 0.458 e. The highest BCUT2D eigenvalue weighted by Crippen LogP contribution is 2.40. The standard InChI is InChI=1S/C27H31BO2/c1-20(21-11-7-6-8-12-21)17-25(19-28-29-26(2,3)27(4,5)30-28)24-16-15-22-13-9-10-14-23(22)18-24/h6-18,25H,19H2,1-5H3/b20-17+/t25-/m1/s1. The van der Waals surface area contributed by atoms with E-state index in [-0.39, 0.29) is 24.2 Å². The number of allylic oxidation sites excluding steroid dienone is 2. The topological polar surface area (TPSA) is 18.5 Å². The first-order valence-corrected chi connectivity index (χ1v) is 10.8. The molecule has 0 amide bonds. The Morgan fingerprint density at radius 1 is 0.833 bits per heavy atom. The van der Waals surface area contributed by atoms with Gasteiger partial charge in [-0.15, -0.1) is 0 Å².